The van der Waals surface area contributed by atoms with Crippen molar-refractivity contribution in [2.24, 2.45) is 0 Å². The van der Waals surface area contributed by atoms with Gasteiger partial charge < -0.3 is 19.5 Å². The standard InChI is InChI=1S/C31H48N3O11P/c1-3-4-5-6-7-8-9-10-11-12-13-14-17-42-25-15-16-26(34(38)39)24(18-25)22-43-46(40,41)45-27-19-29(44-28(27)21-35)33-20-23(2)30(36)32-31(33)37/h15-16,18,20,27-29,35H,3-14,17,19,21-22H2,1-2H3,(H,40,41)(H,32,36,37)/t27-,28+,29+/m0/s1. The molecule has 1 unspecified atom stereocenters. The lowest BCUT2D eigenvalue weighted by molar-refractivity contribution is -0.385. The zero-order chi connectivity index (χ0) is 33.5. The highest BCUT2D eigenvalue weighted by Crippen LogP contribution is 2.52. The second-order valence-electron chi connectivity index (χ2n) is 11.7. The summed E-state index contributed by atoms with van der Waals surface area (Å²) in [4.78, 5) is 60.4. The first-order valence-electron chi connectivity index (χ1n) is 16.2. The molecule has 0 bridgehead atoms. The summed E-state index contributed by atoms with van der Waals surface area (Å²) in [6, 6.07) is 4.12. The number of aliphatic hydroxyl groups is 1. The van der Waals surface area contributed by atoms with Crippen molar-refractivity contribution in [2.75, 3.05) is 13.2 Å². The van der Waals surface area contributed by atoms with Gasteiger partial charge in [-0.05, 0) is 25.5 Å². The lowest BCUT2D eigenvalue weighted by Crippen LogP contribution is -2.33. The molecule has 15 heteroatoms. The third-order valence-corrected chi connectivity index (χ3v) is 8.98. The number of H-pyrrole nitrogens is 1. The van der Waals surface area contributed by atoms with E-state index in [1.165, 1.54) is 89.1 Å². The second kappa shape index (κ2) is 19.2. The van der Waals surface area contributed by atoms with E-state index in [4.69, 9.17) is 18.5 Å². The molecule has 2 aromatic rings. The molecule has 1 fully saturated rings. The fourth-order valence-electron chi connectivity index (χ4n) is 5.38. The molecule has 1 aliphatic heterocycles. The number of hydrogen-bond donors (Lipinski definition) is 3. The molecule has 2 heterocycles. The van der Waals surface area contributed by atoms with Gasteiger partial charge in [-0.25, -0.2) is 4.79 Å². The normalized spacial score (nSPS) is 19.3. The highest BCUT2D eigenvalue weighted by Gasteiger charge is 2.44. The molecule has 0 aliphatic carbocycles. The largest absolute Gasteiger partial charge is 0.606 e. The van der Waals surface area contributed by atoms with E-state index >= 15 is 0 Å². The van der Waals surface area contributed by atoms with Crippen molar-refractivity contribution < 1.29 is 38.3 Å². The van der Waals surface area contributed by atoms with Crippen LogP contribution in [0.2, 0.25) is 0 Å². The summed E-state index contributed by atoms with van der Waals surface area (Å²) in [6.07, 6.45) is 12.5. The zero-order valence-corrected chi connectivity index (χ0v) is 27.7. The van der Waals surface area contributed by atoms with Gasteiger partial charge in [0.25, 0.3) is 11.2 Å². The highest BCUT2D eigenvalue weighted by atomic mass is 31.2. The van der Waals surface area contributed by atoms with Crippen LogP contribution < -0.4 is 20.9 Å². The molecule has 4 atom stereocenters. The second-order valence-corrected chi connectivity index (χ2v) is 13.1. The summed E-state index contributed by atoms with van der Waals surface area (Å²) < 4.78 is 22.9. The van der Waals surface area contributed by atoms with E-state index in [0.717, 1.165) is 23.8 Å². The number of hydrogen-bond acceptors (Lipinski definition) is 11. The first-order chi connectivity index (χ1) is 22.0. The number of benzene rings is 1. The van der Waals surface area contributed by atoms with Crippen LogP contribution in [0.3, 0.4) is 0 Å². The molecule has 3 rings (SSSR count). The lowest BCUT2D eigenvalue weighted by Gasteiger charge is -2.24. The average Bonchev–Trinajstić information content (AvgIpc) is 3.41. The Kier molecular flexibility index (Phi) is 15.7. The molecule has 1 aromatic heterocycles. The van der Waals surface area contributed by atoms with E-state index in [9.17, 15) is 34.6 Å². The van der Waals surface area contributed by atoms with Crippen LogP contribution in [0.25, 0.3) is 0 Å². The number of aryl methyl sites for hydroxylation is 1. The van der Waals surface area contributed by atoms with Crippen LogP contribution in [0.15, 0.2) is 34.0 Å². The number of aromatic amines is 1. The Morgan fingerprint density at radius 2 is 1.70 bits per heavy atom. The third-order valence-electron chi connectivity index (χ3n) is 7.98. The van der Waals surface area contributed by atoms with Gasteiger partial charge in [0.05, 0.1) is 23.7 Å². The molecule has 46 heavy (non-hydrogen) atoms. The Balaban J connectivity index is 1.46. The van der Waals surface area contributed by atoms with Gasteiger partial charge in [0.2, 0.25) is 0 Å². The van der Waals surface area contributed by atoms with Crippen LogP contribution in [0, 0.1) is 17.0 Å². The van der Waals surface area contributed by atoms with Crippen molar-refractivity contribution in [1.29, 1.82) is 0 Å². The molecule has 0 amide bonds. The highest BCUT2D eigenvalue weighted by molar-refractivity contribution is 7.52. The topological polar surface area (TPSA) is 198 Å². The van der Waals surface area contributed by atoms with Gasteiger partial charge in [0.15, 0.2) is 0 Å². The van der Waals surface area contributed by atoms with Crippen molar-refractivity contribution >= 4 is 13.9 Å². The Labute approximate surface area is 269 Å². The smallest absolute Gasteiger partial charge is 0.377 e. The molecule has 1 aromatic carbocycles. The minimum atomic E-state index is -4.82. The van der Waals surface area contributed by atoms with Crippen LogP contribution >= 0.6 is 8.17 Å². The van der Waals surface area contributed by atoms with Crippen LogP contribution in [0.1, 0.15) is 108 Å². The maximum atomic E-state index is 12.8. The van der Waals surface area contributed by atoms with E-state index in [0.29, 0.717) is 12.4 Å². The third kappa shape index (κ3) is 12.1. The Bertz CT molecular complexity index is 1350. The van der Waals surface area contributed by atoms with Crippen molar-refractivity contribution in [3.8, 4) is 5.75 Å². The number of aliphatic hydroxyl groups excluding tert-OH is 1. The first-order valence-corrected chi connectivity index (χ1v) is 17.7. The molecule has 0 saturated carbocycles. The number of rotatable bonds is 22. The van der Waals surface area contributed by atoms with E-state index < -0.39 is 56.0 Å². The summed E-state index contributed by atoms with van der Waals surface area (Å²) in [5.74, 6) is 0.370. The Morgan fingerprint density at radius 1 is 1.07 bits per heavy atom. The summed E-state index contributed by atoms with van der Waals surface area (Å²) in [5, 5.41) is 21.3. The molecular weight excluding hydrogens is 621 g/mol. The monoisotopic (exact) mass is 669 g/mol. The van der Waals surface area contributed by atoms with E-state index in [-0.39, 0.29) is 23.2 Å². The molecular formula is C31H48N3O11P. The van der Waals surface area contributed by atoms with Crippen LogP contribution in [-0.2, 0) is 20.4 Å². The number of phosphoric acid groups is 1. The first kappa shape index (κ1) is 37.7. The predicted octanol–water partition coefficient (Wildman–Crippen LogP) is 4.75. The molecule has 258 valence electrons. The fourth-order valence-corrected chi connectivity index (χ4v) is 6.30. The molecule has 1 saturated heterocycles. The Hall–Kier alpha value is -2.71. The summed E-state index contributed by atoms with van der Waals surface area (Å²) in [6.45, 7) is 2.93. The minimum Gasteiger partial charge on any atom is -0.606 e. The number of ether oxygens (including phenoxy) is 2. The molecule has 14 nitrogen and oxygen atoms in total. The number of nitrogens with one attached hydrogen (secondary N) is 1. The molecule has 0 spiro atoms. The van der Waals surface area contributed by atoms with Gasteiger partial charge in [-0.3, -0.25) is 24.5 Å². The number of aromatic nitrogens is 2. The predicted molar refractivity (Wildman–Crippen MR) is 170 cm³/mol. The van der Waals surface area contributed by atoms with Gasteiger partial charge in [-0.15, -0.1) is 0 Å². The molecule has 3 N–H and O–H groups in total. The SMILES string of the molecule is CCCCCCCCCCCCCCOc1ccc([N+](=O)[O-])c(CO[P+]([O-])(O)O[C@H]2C[C@H](n3cc(C)c(=O)[nH]c3=O)O[C@@H]2CO)c1. The van der Waals surface area contributed by atoms with Gasteiger partial charge in [0, 0.05) is 24.2 Å². The van der Waals surface area contributed by atoms with Crippen molar-refractivity contribution in [2.45, 2.75) is 122 Å². The number of nitro benzene ring substituents is 1. The van der Waals surface area contributed by atoms with Crippen molar-refractivity contribution in [1.82, 2.24) is 9.55 Å². The summed E-state index contributed by atoms with van der Waals surface area (Å²) in [5.41, 5.74) is -1.37. The zero-order valence-electron chi connectivity index (χ0n) is 26.8. The maximum Gasteiger partial charge on any atom is 0.377 e. The number of nitro groups is 1. The quantitative estimate of drug-likeness (QED) is 0.0677. The van der Waals surface area contributed by atoms with Crippen molar-refractivity contribution in [3.63, 3.8) is 0 Å². The maximum absolute atomic E-state index is 12.8. The van der Waals surface area contributed by atoms with E-state index in [1.54, 1.807) is 0 Å². The summed E-state index contributed by atoms with van der Waals surface area (Å²) >= 11 is 0. The molecule has 1 aliphatic rings. The Morgan fingerprint density at radius 3 is 2.30 bits per heavy atom. The van der Waals surface area contributed by atoms with Crippen LogP contribution in [0.4, 0.5) is 5.69 Å². The van der Waals surface area contributed by atoms with Gasteiger partial charge in [0.1, 0.15) is 30.8 Å². The molecule has 0 radical (unpaired) electrons. The van der Waals surface area contributed by atoms with Crippen LogP contribution in [0.5, 0.6) is 5.75 Å². The number of unbranched alkanes of at least 4 members (excludes halogenated alkanes) is 11. The average molecular weight is 670 g/mol. The lowest BCUT2D eigenvalue weighted by atomic mass is 10.1. The van der Waals surface area contributed by atoms with Crippen LogP contribution in [-0.4, -0.2) is 49.9 Å². The summed E-state index contributed by atoms with van der Waals surface area (Å²) in [7, 11) is -4.82. The van der Waals surface area contributed by atoms with Gasteiger partial charge >= 0.3 is 13.9 Å². The number of phosphoric ester groups is 1. The van der Waals surface area contributed by atoms with E-state index in [1.807, 2.05) is 0 Å². The van der Waals surface area contributed by atoms with Crippen molar-refractivity contribution in [3.05, 3.63) is 66.5 Å². The fraction of sp³-hybridized carbons (Fsp3) is 0.677. The van der Waals surface area contributed by atoms with E-state index in [2.05, 4.69) is 11.9 Å². The minimum absolute atomic E-state index is 0.0181. The van der Waals surface area contributed by atoms with Gasteiger partial charge in [-0.2, -0.15) is 13.9 Å². The number of nitrogens with zero attached hydrogens (tertiary/aromatic N) is 2. The van der Waals surface area contributed by atoms with Gasteiger partial charge in [-0.1, -0.05) is 77.6 Å².